The summed E-state index contributed by atoms with van der Waals surface area (Å²) in [4.78, 5) is 0. The van der Waals surface area contributed by atoms with E-state index in [1.54, 1.807) is 0 Å². The number of methoxy groups -OCH3 is 1. The van der Waals surface area contributed by atoms with Gasteiger partial charge in [0.2, 0.25) is 0 Å². The number of nitrogens with one attached hydrogen (secondary N) is 1. The van der Waals surface area contributed by atoms with Crippen LogP contribution in [0.5, 0.6) is 5.75 Å². The molecule has 2 aromatic carbocycles. The molecule has 0 aliphatic heterocycles. The van der Waals surface area contributed by atoms with Crippen LogP contribution < -0.4 is 15.8 Å². The van der Waals surface area contributed by atoms with Crippen LogP contribution in [0.4, 0.5) is 21.5 Å². The Morgan fingerprint density at radius 1 is 1.22 bits per heavy atom. The molecule has 0 heterocycles. The van der Waals surface area contributed by atoms with Gasteiger partial charge in [-0.1, -0.05) is 15.9 Å². The van der Waals surface area contributed by atoms with Gasteiger partial charge < -0.3 is 15.8 Å². The summed E-state index contributed by atoms with van der Waals surface area (Å²) in [5.41, 5.74) is 7.55. The van der Waals surface area contributed by atoms with Crippen LogP contribution in [-0.4, -0.2) is 7.11 Å². The van der Waals surface area contributed by atoms with Crippen molar-refractivity contribution in [1.29, 1.82) is 0 Å². The molecule has 0 unspecified atom stereocenters. The van der Waals surface area contributed by atoms with Crippen molar-refractivity contribution in [3.05, 3.63) is 46.7 Å². The molecule has 5 heteroatoms. The zero-order chi connectivity index (χ0) is 13.1. The lowest BCUT2D eigenvalue weighted by Gasteiger charge is -2.11. The minimum absolute atomic E-state index is 0.156. The molecule has 0 atom stereocenters. The maximum absolute atomic E-state index is 13.4. The molecular formula is C13H12BrFN2O. The lowest BCUT2D eigenvalue weighted by atomic mass is 10.2. The van der Waals surface area contributed by atoms with Gasteiger partial charge >= 0.3 is 0 Å². The Balaban J connectivity index is 2.31. The van der Waals surface area contributed by atoms with Crippen molar-refractivity contribution in [3.63, 3.8) is 0 Å². The fourth-order valence-corrected chi connectivity index (χ4v) is 1.79. The SMILES string of the molecule is COc1cc(Nc2ccc(Br)cc2)c(N)cc1F. The molecule has 0 amide bonds. The number of benzene rings is 2. The molecule has 0 saturated heterocycles. The van der Waals surface area contributed by atoms with Gasteiger partial charge in [0, 0.05) is 22.3 Å². The number of rotatable bonds is 3. The first-order valence-electron chi connectivity index (χ1n) is 5.26. The van der Waals surface area contributed by atoms with Crippen LogP contribution in [-0.2, 0) is 0 Å². The van der Waals surface area contributed by atoms with Crippen LogP contribution in [0.2, 0.25) is 0 Å². The fourth-order valence-electron chi connectivity index (χ4n) is 1.52. The van der Waals surface area contributed by atoms with E-state index in [1.807, 2.05) is 24.3 Å². The molecule has 3 N–H and O–H groups in total. The van der Waals surface area contributed by atoms with Crippen molar-refractivity contribution < 1.29 is 9.13 Å². The number of nitrogen functional groups attached to an aromatic ring is 1. The Hall–Kier alpha value is -1.75. The largest absolute Gasteiger partial charge is 0.494 e. The maximum atomic E-state index is 13.4. The summed E-state index contributed by atoms with van der Waals surface area (Å²) in [6.07, 6.45) is 0. The van der Waals surface area contributed by atoms with E-state index in [0.29, 0.717) is 11.4 Å². The van der Waals surface area contributed by atoms with Gasteiger partial charge in [0.15, 0.2) is 11.6 Å². The summed E-state index contributed by atoms with van der Waals surface area (Å²) in [6.45, 7) is 0. The number of ether oxygens (including phenoxy) is 1. The topological polar surface area (TPSA) is 47.3 Å². The van der Waals surface area contributed by atoms with Gasteiger partial charge in [0.05, 0.1) is 18.5 Å². The van der Waals surface area contributed by atoms with E-state index >= 15 is 0 Å². The monoisotopic (exact) mass is 310 g/mol. The highest BCUT2D eigenvalue weighted by Crippen LogP contribution is 2.30. The van der Waals surface area contributed by atoms with Gasteiger partial charge in [-0.15, -0.1) is 0 Å². The predicted molar refractivity (Wildman–Crippen MR) is 74.8 cm³/mol. The van der Waals surface area contributed by atoms with Gasteiger partial charge in [-0.05, 0) is 24.3 Å². The Labute approximate surface area is 113 Å². The first-order chi connectivity index (χ1) is 8.60. The van der Waals surface area contributed by atoms with Crippen LogP contribution in [0, 0.1) is 5.82 Å². The standard InChI is InChI=1S/C13H12BrFN2O/c1-18-13-7-12(11(16)6-10(13)15)17-9-4-2-8(14)3-5-9/h2-7,17H,16H2,1H3. The number of hydrogen-bond acceptors (Lipinski definition) is 3. The molecule has 0 saturated carbocycles. The minimum atomic E-state index is -0.476. The highest BCUT2D eigenvalue weighted by molar-refractivity contribution is 9.10. The molecule has 2 rings (SSSR count). The van der Waals surface area contributed by atoms with E-state index in [1.165, 1.54) is 19.2 Å². The summed E-state index contributed by atoms with van der Waals surface area (Å²) >= 11 is 3.36. The molecule has 0 bridgehead atoms. The first kappa shape index (κ1) is 12.7. The van der Waals surface area contributed by atoms with E-state index in [9.17, 15) is 4.39 Å². The zero-order valence-electron chi connectivity index (χ0n) is 9.71. The van der Waals surface area contributed by atoms with Crippen LogP contribution in [0.3, 0.4) is 0 Å². The fraction of sp³-hybridized carbons (Fsp3) is 0.0769. The second-order valence-electron chi connectivity index (χ2n) is 3.71. The number of hydrogen-bond donors (Lipinski definition) is 2. The third-order valence-corrected chi connectivity index (χ3v) is 2.98. The van der Waals surface area contributed by atoms with Crippen LogP contribution in [0.15, 0.2) is 40.9 Å². The highest BCUT2D eigenvalue weighted by atomic mass is 79.9. The smallest absolute Gasteiger partial charge is 0.167 e. The van der Waals surface area contributed by atoms with Gasteiger partial charge in [-0.25, -0.2) is 4.39 Å². The summed E-state index contributed by atoms with van der Waals surface area (Å²) in [6, 6.07) is 10.4. The van der Waals surface area contributed by atoms with Crippen molar-refractivity contribution in [3.8, 4) is 5.75 Å². The van der Waals surface area contributed by atoms with Crippen LogP contribution >= 0.6 is 15.9 Å². The maximum Gasteiger partial charge on any atom is 0.167 e. The molecule has 18 heavy (non-hydrogen) atoms. The summed E-state index contributed by atoms with van der Waals surface area (Å²) < 4.78 is 19.3. The molecule has 3 nitrogen and oxygen atoms in total. The highest BCUT2D eigenvalue weighted by Gasteiger charge is 2.08. The minimum Gasteiger partial charge on any atom is -0.494 e. The molecule has 2 aromatic rings. The normalized spacial score (nSPS) is 10.2. The van der Waals surface area contributed by atoms with E-state index in [0.717, 1.165) is 10.2 Å². The van der Waals surface area contributed by atoms with E-state index in [-0.39, 0.29) is 5.75 Å². The molecule has 0 fully saturated rings. The van der Waals surface area contributed by atoms with E-state index < -0.39 is 5.82 Å². The lowest BCUT2D eigenvalue weighted by molar-refractivity contribution is 0.387. The molecule has 0 spiro atoms. The number of nitrogens with two attached hydrogens (primary N) is 1. The first-order valence-corrected chi connectivity index (χ1v) is 6.05. The summed E-state index contributed by atoms with van der Waals surface area (Å²) in [5.74, 6) is -0.319. The van der Waals surface area contributed by atoms with Crippen LogP contribution in [0.1, 0.15) is 0 Å². The van der Waals surface area contributed by atoms with E-state index in [4.69, 9.17) is 10.5 Å². The Bertz CT molecular complexity index is 558. The van der Waals surface area contributed by atoms with Gasteiger partial charge in [0.1, 0.15) is 0 Å². The second kappa shape index (κ2) is 5.27. The predicted octanol–water partition coefficient (Wildman–Crippen LogP) is 3.92. The van der Waals surface area contributed by atoms with Crippen LogP contribution in [0.25, 0.3) is 0 Å². The van der Waals surface area contributed by atoms with Gasteiger partial charge in [0.25, 0.3) is 0 Å². The summed E-state index contributed by atoms with van der Waals surface area (Å²) in [5, 5.41) is 3.11. The average molecular weight is 311 g/mol. The van der Waals surface area contributed by atoms with Gasteiger partial charge in [-0.3, -0.25) is 0 Å². The molecule has 0 aliphatic carbocycles. The number of halogens is 2. The second-order valence-corrected chi connectivity index (χ2v) is 4.62. The Kier molecular flexibility index (Phi) is 3.72. The third-order valence-electron chi connectivity index (χ3n) is 2.45. The quantitative estimate of drug-likeness (QED) is 0.845. The third kappa shape index (κ3) is 2.73. The zero-order valence-corrected chi connectivity index (χ0v) is 11.3. The molecule has 94 valence electrons. The van der Waals surface area contributed by atoms with Crippen molar-refractivity contribution in [2.75, 3.05) is 18.2 Å². The number of anilines is 3. The average Bonchev–Trinajstić information content (AvgIpc) is 2.35. The van der Waals surface area contributed by atoms with Crippen molar-refractivity contribution in [2.24, 2.45) is 0 Å². The molecule has 0 aromatic heterocycles. The van der Waals surface area contributed by atoms with Crippen molar-refractivity contribution >= 4 is 33.0 Å². The van der Waals surface area contributed by atoms with Crippen molar-refractivity contribution in [2.45, 2.75) is 0 Å². The van der Waals surface area contributed by atoms with Crippen molar-refractivity contribution in [1.82, 2.24) is 0 Å². The Morgan fingerprint density at radius 2 is 1.89 bits per heavy atom. The van der Waals surface area contributed by atoms with E-state index in [2.05, 4.69) is 21.2 Å². The lowest BCUT2D eigenvalue weighted by Crippen LogP contribution is -1.99. The van der Waals surface area contributed by atoms with Gasteiger partial charge in [-0.2, -0.15) is 0 Å². The molecule has 0 radical (unpaired) electrons. The summed E-state index contributed by atoms with van der Waals surface area (Å²) in [7, 11) is 1.41. The molecular weight excluding hydrogens is 299 g/mol. The molecule has 0 aliphatic rings. The Morgan fingerprint density at radius 3 is 2.50 bits per heavy atom.